The van der Waals surface area contributed by atoms with Gasteiger partial charge in [-0.2, -0.15) is 0 Å². The average molecular weight is 148 g/mol. The maximum Gasteiger partial charge on any atom is 0.155 e. The van der Waals surface area contributed by atoms with Gasteiger partial charge in [0.1, 0.15) is 5.69 Å². The van der Waals surface area contributed by atoms with Gasteiger partial charge in [0, 0.05) is 18.6 Å². The normalized spacial score (nSPS) is 10.2. The number of nitrogens with one attached hydrogen (secondary N) is 2. The number of aromatic nitrogens is 3. The van der Waals surface area contributed by atoms with Gasteiger partial charge in [0.05, 0.1) is 5.69 Å². The van der Waals surface area contributed by atoms with E-state index in [1.165, 1.54) is 0 Å². The molecule has 0 amide bonds. The Bertz CT molecular complexity index is 333. The molecule has 0 atom stereocenters. The van der Waals surface area contributed by atoms with Gasteiger partial charge >= 0.3 is 0 Å². The average Bonchev–Trinajstić information content (AvgIpc) is 2.55. The fourth-order valence-electron chi connectivity index (χ4n) is 0.989. The number of nitrogen functional groups attached to an aromatic ring is 1. The highest BCUT2D eigenvalue weighted by atomic mass is 14.9. The summed E-state index contributed by atoms with van der Waals surface area (Å²) in [4.78, 5) is 10.00. The summed E-state index contributed by atoms with van der Waals surface area (Å²) in [6.45, 7) is 0. The molecule has 0 fully saturated rings. The van der Waals surface area contributed by atoms with Crippen LogP contribution in [0.3, 0.4) is 0 Å². The minimum Gasteiger partial charge on any atom is -0.397 e. The molecule has 2 aromatic heterocycles. The first-order valence-electron chi connectivity index (χ1n) is 3.30. The van der Waals surface area contributed by atoms with Crippen molar-refractivity contribution in [2.75, 3.05) is 5.73 Å². The fraction of sp³-hybridized carbons (Fsp3) is 0. The number of imidazole rings is 1. The molecule has 56 valence electrons. The van der Waals surface area contributed by atoms with E-state index in [0.29, 0.717) is 5.69 Å². The summed E-state index contributed by atoms with van der Waals surface area (Å²) in [6.07, 6.45) is 5.23. The van der Waals surface area contributed by atoms with Crippen LogP contribution in [0.1, 0.15) is 0 Å². The van der Waals surface area contributed by atoms with E-state index in [1.807, 2.05) is 0 Å². The third-order valence-electron chi connectivity index (χ3n) is 1.51. The first-order chi connectivity index (χ1) is 5.38. The first kappa shape index (κ1) is 6.03. The molecule has 0 bridgehead atoms. The van der Waals surface area contributed by atoms with Crippen LogP contribution < -0.4 is 5.73 Å². The van der Waals surface area contributed by atoms with E-state index >= 15 is 0 Å². The zero-order chi connectivity index (χ0) is 7.68. The summed E-state index contributed by atoms with van der Waals surface area (Å²) in [7, 11) is 0. The Balaban J connectivity index is 2.53. The lowest BCUT2D eigenvalue weighted by atomic mass is 10.3. The lowest BCUT2D eigenvalue weighted by Crippen LogP contribution is -1.87. The molecule has 4 heteroatoms. The van der Waals surface area contributed by atoms with E-state index < -0.39 is 0 Å². The molecule has 0 aromatic carbocycles. The minimum atomic E-state index is 0.708. The number of nitrogens with zero attached hydrogens (tertiary/aromatic N) is 1. The number of hydrogen-bond acceptors (Lipinski definition) is 2. The van der Waals surface area contributed by atoms with Crippen LogP contribution in [-0.2, 0) is 0 Å². The molecule has 0 radical (unpaired) electrons. The molecule has 0 spiro atoms. The van der Waals surface area contributed by atoms with Gasteiger partial charge in [0.25, 0.3) is 0 Å². The third-order valence-corrected chi connectivity index (χ3v) is 1.51. The molecule has 0 aliphatic heterocycles. The topological polar surface area (TPSA) is 70.5 Å². The van der Waals surface area contributed by atoms with Crippen LogP contribution in [0.15, 0.2) is 24.7 Å². The van der Waals surface area contributed by atoms with Gasteiger partial charge in [0.2, 0.25) is 0 Å². The second-order valence-corrected chi connectivity index (χ2v) is 2.25. The summed E-state index contributed by atoms with van der Waals surface area (Å²) < 4.78 is 0. The summed E-state index contributed by atoms with van der Waals surface area (Å²) in [5.74, 6) is 0.771. The Kier molecular flexibility index (Phi) is 1.18. The first-order valence-corrected chi connectivity index (χ1v) is 3.30. The van der Waals surface area contributed by atoms with Gasteiger partial charge in [0.15, 0.2) is 5.82 Å². The van der Waals surface area contributed by atoms with Crippen molar-refractivity contribution in [3.05, 3.63) is 24.7 Å². The second-order valence-electron chi connectivity index (χ2n) is 2.25. The summed E-state index contributed by atoms with van der Waals surface area (Å²) in [5.41, 5.74) is 7.19. The van der Waals surface area contributed by atoms with E-state index in [0.717, 1.165) is 11.5 Å². The zero-order valence-electron chi connectivity index (χ0n) is 5.83. The van der Waals surface area contributed by atoms with Crippen molar-refractivity contribution < 1.29 is 0 Å². The van der Waals surface area contributed by atoms with Crippen LogP contribution in [0.25, 0.3) is 11.5 Å². The van der Waals surface area contributed by atoms with Crippen LogP contribution >= 0.6 is 0 Å². The molecule has 2 rings (SSSR count). The number of hydrogen-bond donors (Lipinski definition) is 3. The molecule has 4 nitrogen and oxygen atoms in total. The molecule has 0 unspecified atom stereocenters. The lowest BCUT2D eigenvalue weighted by molar-refractivity contribution is 1.26. The lowest BCUT2D eigenvalue weighted by Gasteiger charge is -1.92. The molecule has 0 saturated heterocycles. The molecule has 0 aliphatic rings. The number of aromatic amines is 2. The molecule has 11 heavy (non-hydrogen) atoms. The quantitative estimate of drug-likeness (QED) is 0.564. The van der Waals surface area contributed by atoms with E-state index in [2.05, 4.69) is 15.0 Å². The monoisotopic (exact) mass is 148 g/mol. The van der Waals surface area contributed by atoms with Gasteiger partial charge < -0.3 is 15.7 Å². The third kappa shape index (κ3) is 0.881. The van der Waals surface area contributed by atoms with Crippen molar-refractivity contribution in [1.82, 2.24) is 15.0 Å². The SMILES string of the molecule is Nc1cc[nH]c1-c1ncc[nH]1. The van der Waals surface area contributed by atoms with E-state index in [9.17, 15) is 0 Å². The van der Waals surface area contributed by atoms with Crippen LogP contribution in [0.4, 0.5) is 5.69 Å². The van der Waals surface area contributed by atoms with E-state index in [4.69, 9.17) is 5.73 Å². The number of H-pyrrole nitrogens is 2. The smallest absolute Gasteiger partial charge is 0.155 e. The van der Waals surface area contributed by atoms with Gasteiger partial charge in [-0.1, -0.05) is 0 Å². The van der Waals surface area contributed by atoms with Crippen molar-refractivity contribution in [3.63, 3.8) is 0 Å². The maximum atomic E-state index is 5.64. The molecular weight excluding hydrogens is 140 g/mol. The van der Waals surface area contributed by atoms with E-state index in [-0.39, 0.29) is 0 Å². The predicted molar refractivity (Wildman–Crippen MR) is 42.8 cm³/mol. The van der Waals surface area contributed by atoms with Crippen molar-refractivity contribution in [2.45, 2.75) is 0 Å². The minimum absolute atomic E-state index is 0.708. The van der Waals surface area contributed by atoms with Crippen LogP contribution in [-0.4, -0.2) is 15.0 Å². The van der Waals surface area contributed by atoms with Gasteiger partial charge in [-0.15, -0.1) is 0 Å². The van der Waals surface area contributed by atoms with Crippen molar-refractivity contribution in [3.8, 4) is 11.5 Å². The Hall–Kier alpha value is -1.71. The Labute approximate surface area is 63.5 Å². The number of anilines is 1. The van der Waals surface area contributed by atoms with E-state index in [1.54, 1.807) is 24.7 Å². The van der Waals surface area contributed by atoms with Crippen LogP contribution in [0.2, 0.25) is 0 Å². The Morgan fingerprint density at radius 1 is 1.27 bits per heavy atom. The van der Waals surface area contributed by atoms with Gasteiger partial charge in [-0.05, 0) is 6.07 Å². The standard InChI is InChI=1S/C7H8N4/c8-5-1-2-9-6(5)7-10-3-4-11-7/h1-4,9H,8H2,(H,10,11). The van der Waals surface area contributed by atoms with Gasteiger partial charge in [-0.3, -0.25) is 0 Å². The molecule has 2 aromatic rings. The second kappa shape index (κ2) is 2.16. The highest BCUT2D eigenvalue weighted by Crippen LogP contribution is 2.18. The van der Waals surface area contributed by atoms with Crippen LogP contribution in [0.5, 0.6) is 0 Å². The molecule has 4 N–H and O–H groups in total. The summed E-state index contributed by atoms with van der Waals surface area (Å²) in [6, 6.07) is 1.80. The summed E-state index contributed by atoms with van der Waals surface area (Å²) >= 11 is 0. The Morgan fingerprint density at radius 2 is 2.18 bits per heavy atom. The van der Waals surface area contributed by atoms with Crippen molar-refractivity contribution in [2.24, 2.45) is 0 Å². The molecule has 2 heterocycles. The predicted octanol–water partition coefficient (Wildman–Crippen LogP) is 0.987. The summed E-state index contributed by atoms with van der Waals surface area (Å²) in [5, 5.41) is 0. The maximum absolute atomic E-state index is 5.64. The Morgan fingerprint density at radius 3 is 2.73 bits per heavy atom. The van der Waals surface area contributed by atoms with Crippen molar-refractivity contribution >= 4 is 5.69 Å². The molecule has 0 aliphatic carbocycles. The highest BCUT2D eigenvalue weighted by Gasteiger charge is 2.03. The van der Waals surface area contributed by atoms with Crippen LogP contribution in [0, 0.1) is 0 Å². The largest absolute Gasteiger partial charge is 0.397 e. The zero-order valence-corrected chi connectivity index (χ0v) is 5.83. The van der Waals surface area contributed by atoms with Crippen molar-refractivity contribution in [1.29, 1.82) is 0 Å². The molecule has 0 saturated carbocycles. The van der Waals surface area contributed by atoms with Gasteiger partial charge in [-0.25, -0.2) is 4.98 Å². The number of rotatable bonds is 1. The molecular formula is C7H8N4. The highest BCUT2D eigenvalue weighted by molar-refractivity contribution is 5.67. The fourth-order valence-corrected chi connectivity index (χ4v) is 0.989. The number of nitrogens with two attached hydrogens (primary N) is 1.